The molecule has 1 aliphatic heterocycles. The highest BCUT2D eigenvalue weighted by molar-refractivity contribution is 8.15. The van der Waals surface area contributed by atoms with Gasteiger partial charge in [0, 0.05) is 0 Å². The first-order valence-corrected chi connectivity index (χ1v) is 5.92. The van der Waals surface area contributed by atoms with Crippen molar-refractivity contribution in [3.63, 3.8) is 0 Å². The van der Waals surface area contributed by atoms with Crippen LogP contribution in [-0.4, -0.2) is 23.5 Å². The quantitative estimate of drug-likeness (QED) is 0.789. The number of imide groups is 1. The third-order valence-electron chi connectivity index (χ3n) is 2.48. The Morgan fingerprint density at radius 3 is 2.76 bits per heavy atom. The molecule has 0 saturated carbocycles. The van der Waals surface area contributed by atoms with Gasteiger partial charge in [-0.05, 0) is 24.1 Å². The number of nitrogens with two attached hydrogens (primary N) is 1. The maximum atomic E-state index is 11.4. The molecule has 1 unspecified atom stereocenters. The Kier molecular flexibility index (Phi) is 3.23. The average molecular weight is 252 g/mol. The molecule has 1 aliphatic rings. The number of thioether (sulfide) groups is 1. The maximum absolute atomic E-state index is 11.4. The summed E-state index contributed by atoms with van der Waals surface area (Å²) in [6.45, 7) is 0. The van der Waals surface area contributed by atoms with Gasteiger partial charge in [-0.1, -0.05) is 17.8 Å². The number of benzene rings is 1. The lowest BCUT2D eigenvalue weighted by Crippen LogP contribution is -2.25. The SMILES string of the molecule is COc1ccc(CC2SC(=O)NC2=O)cc1N. The molecule has 5 nitrogen and oxygen atoms in total. The molecule has 0 radical (unpaired) electrons. The zero-order valence-electron chi connectivity index (χ0n) is 9.23. The summed E-state index contributed by atoms with van der Waals surface area (Å²) in [5, 5.41) is 1.60. The maximum Gasteiger partial charge on any atom is 0.286 e. The molecule has 0 aliphatic carbocycles. The number of nitrogens with one attached hydrogen (secondary N) is 1. The molecule has 6 heteroatoms. The Bertz CT molecular complexity index is 476. The molecular formula is C11H12N2O3S. The van der Waals surface area contributed by atoms with Crippen molar-refractivity contribution in [3.8, 4) is 5.75 Å². The molecule has 2 rings (SSSR count). The van der Waals surface area contributed by atoms with Crippen molar-refractivity contribution in [1.29, 1.82) is 0 Å². The van der Waals surface area contributed by atoms with E-state index in [4.69, 9.17) is 10.5 Å². The van der Waals surface area contributed by atoms with E-state index in [0.717, 1.165) is 17.3 Å². The smallest absolute Gasteiger partial charge is 0.286 e. The van der Waals surface area contributed by atoms with Crippen LogP contribution in [0.15, 0.2) is 18.2 Å². The normalized spacial score (nSPS) is 19.2. The molecule has 3 N–H and O–H groups in total. The third kappa shape index (κ3) is 2.52. The highest BCUT2D eigenvalue weighted by atomic mass is 32.2. The van der Waals surface area contributed by atoms with E-state index in [2.05, 4.69) is 5.32 Å². The Labute approximate surface area is 103 Å². The minimum atomic E-state index is -0.365. The molecule has 2 amide bonds. The summed E-state index contributed by atoms with van der Waals surface area (Å²) in [6, 6.07) is 5.35. The van der Waals surface area contributed by atoms with E-state index in [1.807, 2.05) is 6.07 Å². The monoisotopic (exact) mass is 252 g/mol. The zero-order valence-corrected chi connectivity index (χ0v) is 10.0. The minimum absolute atomic E-state index is 0.241. The van der Waals surface area contributed by atoms with Gasteiger partial charge in [0.05, 0.1) is 18.0 Å². The molecule has 1 saturated heterocycles. The predicted molar refractivity (Wildman–Crippen MR) is 66.0 cm³/mol. The van der Waals surface area contributed by atoms with Crippen molar-refractivity contribution in [3.05, 3.63) is 23.8 Å². The van der Waals surface area contributed by atoms with Crippen LogP contribution in [0.4, 0.5) is 10.5 Å². The predicted octanol–water partition coefficient (Wildman–Crippen LogP) is 1.17. The second-order valence-corrected chi connectivity index (χ2v) is 4.84. The van der Waals surface area contributed by atoms with Crippen molar-refractivity contribution >= 4 is 28.6 Å². The summed E-state index contributed by atoms with van der Waals surface area (Å²) >= 11 is 1.01. The second kappa shape index (κ2) is 4.67. The molecule has 0 spiro atoms. The van der Waals surface area contributed by atoms with Gasteiger partial charge in [0.25, 0.3) is 5.24 Å². The minimum Gasteiger partial charge on any atom is -0.495 e. The Balaban J connectivity index is 2.11. The number of carbonyl (C=O) groups is 2. The topological polar surface area (TPSA) is 81.4 Å². The molecule has 0 bridgehead atoms. The number of ether oxygens (including phenoxy) is 1. The highest BCUT2D eigenvalue weighted by Gasteiger charge is 2.31. The second-order valence-electron chi connectivity index (χ2n) is 3.66. The van der Waals surface area contributed by atoms with E-state index < -0.39 is 0 Å². The van der Waals surface area contributed by atoms with Gasteiger partial charge >= 0.3 is 0 Å². The van der Waals surface area contributed by atoms with E-state index >= 15 is 0 Å². The number of hydrogen-bond donors (Lipinski definition) is 2. The van der Waals surface area contributed by atoms with Crippen LogP contribution in [-0.2, 0) is 11.2 Å². The first kappa shape index (κ1) is 11.8. The van der Waals surface area contributed by atoms with Crippen LogP contribution in [0.25, 0.3) is 0 Å². The van der Waals surface area contributed by atoms with Crippen LogP contribution < -0.4 is 15.8 Å². The van der Waals surface area contributed by atoms with Crippen molar-refractivity contribution in [2.24, 2.45) is 0 Å². The van der Waals surface area contributed by atoms with Crippen molar-refractivity contribution in [1.82, 2.24) is 5.32 Å². The van der Waals surface area contributed by atoms with Crippen LogP contribution in [0, 0.1) is 0 Å². The van der Waals surface area contributed by atoms with Gasteiger partial charge in [-0.15, -0.1) is 0 Å². The van der Waals surface area contributed by atoms with Gasteiger partial charge in [-0.3, -0.25) is 14.9 Å². The van der Waals surface area contributed by atoms with E-state index in [1.165, 1.54) is 0 Å². The number of carbonyl (C=O) groups excluding carboxylic acids is 2. The lowest BCUT2D eigenvalue weighted by molar-refractivity contribution is -0.118. The van der Waals surface area contributed by atoms with Gasteiger partial charge in [-0.2, -0.15) is 0 Å². The molecule has 1 fully saturated rings. The number of rotatable bonds is 3. The van der Waals surface area contributed by atoms with Crippen molar-refractivity contribution in [2.45, 2.75) is 11.7 Å². The molecule has 0 aromatic heterocycles. The van der Waals surface area contributed by atoms with E-state index in [-0.39, 0.29) is 16.4 Å². The van der Waals surface area contributed by atoms with Crippen LogP contribution in [0.1, 0.15) is 5.56 Å². The Morgan fingerprint density at radius 1 is 1.47 bits per heavy atom. The molecule has 1 atom stereocenters. The summed E-state index contributed by atoms with van der Waals surface area (Å²) in [4.78, 5) is 22.4. The summed E-state index contributed by atoms with van der Waals surface area (Å²) in [6.07, 6.45) is 0.483. The molecule has 1 aromatic rings. The molecule has 1 aromatic carbocycles. The van der Waals surface area contributed by atoms with Gasteiger partial charge < -0.3 is 10.5 Å². The average Bonchev–Trinajstić information content (AvgIpc) is 2.58. The van der Waals surface area contributed by atoms with Gasteiger partial charge in [0.2, 0.25) is 5.91 Å². The number of methoxy groups -OCH3 is 1. The van der Waals surface area contributed by atoms with Gasteiger partial charge in [0.1, 0.15) is 5.75 Å². The molecule has 17 heavy (non-hydrogen) atoms. The molecule has 90 valence electrons. The number of hydrogen-bond acceptors (Lipinski definition) is 5. The summed E-state index contributed by atoms with van der Waals surface area (Å²) < 4.78 is 5.04. The number of anilines is 1. The van der Waals surface area contributed by atoms with Crippen molar-refractivity contribution in [2.75, 3.05) is 12.8 Å². The number of amides is 2. The fourth-order valence-corrected chi connectivity index (χ4v) is 2.51. The van der Waals surface area contributed by atoms with Crippen LogP contribution in [0.3, 0.4) is 0 Å². The summed E-state index contributed by atoms with van der Waals surface area (Å²) in [5.41, 5.74) is 7.20. The van der Waals surface area contributed by atoms with E-state index in [1.54, 1.807) is 19.2 Å². The Hall–Kier alpha value is -1.69. The first-order chi connectivity index (χ1) is 8.10. The largest absolute Gasteiger partial charge is 0.495 e. The lowest BCUT2D eigenvalue weighted by atomic mass is 10.1. The first-order valence-electron chi connectivity index (χ1n) is 5.04. The van der Waals surface area contributed by atoms with E-state index in [0.29, 0.717) is 17.9 Å². The van der Waals surface area contributed by atoms with Crippen LogP contribution in [0.2, 0.25) is 0 Å². The fourth-order valence-electron chi connectivity index (χ4n) is 1.65. The van der Waals surface area contributed by atoms with E-state index in [9.17, 15) is 9.59 Å². The standard InChI is InChI=1S/C11H12N2O3S/c1-16-8-3-2-6(4-7(8)12)5-9-10(14)13-11(15)17-9/h2-4,9H,5,12H2,1H3,(H,13,14,15). The number of nitrogen functional groups attached to an aromatic ring is 1. The lowest BCUT2D eigenvalue weighted by Gasteiger charge is -2.08. The summed E-state index contributed by atoms with van der Waals surface area (Å²) in [5.74, 6) is 0.364. The zero-order chi connectivity index (χ0) is 12.4. The van der Waals surface area contributed by atoms with Crippen molar-refractivity contribution < 1.29 is 14.3 Å². The summed E-state index contributed by atoms with van der Waals surface area (Å²) in [7, 11) is 1.55. The van der Waals surface area contributed by atoms with Gasteiger partial charge in [-0.25, -0.2) is 0 Å². The van der Waals surface area contributed by atoms with Crippen LogP contribution >= 0.6 is 11.8 Å². The van der Waals surface area contributed by atoms with Gasteiger partial charge in [0.15, 0.2) is 0 Å². The molecular weight excluding hydrogens is 240 g/mol. The van der Waals surface area contributed by atoms with Crippen LogP contribution in [0.5, 0.6) is 5.75 Å². The fraction of sp³-hybridized carbons (Fsp3) is 0.273. The third-order valence-corrected chi connectivity index (χ3v) is 3.46. The molecule has 1 heterocycles. The Morgan fingerprint density at radius 2 is 2.24 bits per heavy atom. The highest BCUT2D eigenvalue weighted by Crippen LogP contribution is 2.26.